The number of ether oxygens (including phenoxy) is 1. The number of sulfonamides is 1. The van der Waals surface area contributed by atoms with Crippen LogP contribution >= 0.6 is 0 Å². The van der Waals surface area contributed by atoms with Gasteiger partial charge in [0.25, 0.3) is 10.0 Å². The van der Waals surface area contributed by atoms with E-state index in [4.69, 9.17) is 4.74 Å². The second-order valence-corrected chi connectivity index (χ2v) is 11.8. The van der Waals surface area contributed by atoms with Gasteiger partial charge in [-0.25, -0.2) is 8.42 Å². The quantitative estimate of drug-likeness (QED) is 0.418. The number of carbonyl (C=O) groups is 2. The van der Waals surface area contributed by atoms with Crippen LogP contribution in [-0.4, -0.2) is 50.4 Å². The standard InChI is InChI=1S/C29H35N3O5S/c1-22(28(34)30-29(2,3)4)31(20-23-13-12-16-25(19-23)37-5)27(33)21-32(24-14-8-6-9-15-24)38(35,36)26-17-10-7-11-18-26/h6-19,22H,20-21H2,1-5H3,(H,30,34)/t22-/m1/s1. The topological polar surface area (TPSA) is 96.0 Å². The Bertz CT molecular complexity index is 1340. The van der Waals surface area contributed by atoms with Gasteiger partial charge in [-0.2, -0.15) is 0 Å². The lowest BCUT2D eigenvalue weighted by Crippen LogP contribution is -2.54. The van der Waals surface area contributed by atoms with Crippen molar-refractivity contribution in [2.24, 2.45) is 0 Å². The number of hydrogen-bond acceptors (Lipinski definition) is 5. The number of methoxy groups -OCH3 is 1. The number of carbonyl (C=O) groups excluding carboxylic acids is 2. The molecule has 1 atom stereocenters. The Morgan fingerprint density at radius 2 is 1.53 bits per heavy atom. The van der Waals surface area contributed by atoms with E-state index in [-0.39, 0.29) is 17.3 Å². The lowest BCUT2D eigenvalue weighted by atomic mass is 10.1. The maximum Gasteiger partial charge on any atom is 0.264 e. The van der Waals surface area contributed by atoms with Crippen molar-refractivity contribution in [2.75, 3.05) is 18.0 Å². The van der Waals surface area contributed by atoms with E-state index in [0.29, 0.717) is 11.4 Å². The first-order chi connectivity index (χ1) is 17.9. The fraction of sp³-hybridized carbons (Fsp3) is 0.310. The van der Waals surface area contributed by atoms with E-state index in [1.165, 1.54) is 17.0 Å². The maximum absolute atomic E-state index is 13.9. The van der Waals surface area contributed by atoms with Crippen LogP contribution in [0.1, 0.15) is 33.3 Å². The first kappa shape index (κ1) is 28.7. The molecule has 0 aromatic heterocycles. The zero-order valence-corrected chi connectivity index (χ0v) is 23.2. The van der Waals surface area contributed by atoms with E-state index in [9.17, 15) is 18.0 Å². The van der Waals surface area contributed by atoms with Crippen LogP contribution in [-0.2, 0) is 26.2 Å². The molecule has 0 saturated carbocycles. The third-order valence-electron chi connectivity index (χ3n) is 5.81. The van der Waals surface area contributed by atoms with Gasteiger partial charge in [0.1, 0.15) is 18.3 Å². The Kier molecular flexibility index (Phi) is 9.17. The van der Waals surface area contributed by atoms with Crippen LogP contribution in [0.5, 0.6) is 5.75 Å². The van der Waals surface area contributed by atoms with Gasteiger partial charge in [-0.1, -0.05) is 48.5 Å². The monoisotopic (exact) mass is 537 g/mol. The molecule has 9 heteroatoms. The van der Waals surface area contributed by atoms with Crippen molar-refractivity contribution in [3.63, 3.8) is 0 Å². The molecule has 3 aromatic carbocycles. The first-order valence-corrected chi connectivity index (χ1v) is 13.7. The van der Waals surface area contributed by atoms with E-state index in [1.807, 2.05) is 26.8 Å². The van der Waals surface area contributed by atoms with Gasteiger partial charge in [0.2, 0.25) is 11.8 Å². The first-order valence-electron chi connectivity index (χ1n) is 12.3. The molecule has 0 saturated heterocycles. The van der Waals surface area contributed by atoms with Gasteiger partial charge in [-0.3, -0.25) is 13.9 Å². The highest BCUT2D eigenvalue weighted by atomic mass is 32.2. The second-order valence-electron chi connectivity index (χ2n) is 9.95. The van der Waals surface area contributed by atoms with Crippen LogP contribution in [0.25, 0.3) is 0 Å². The minimum atomic E-state index is -4.08. The van der Waals surface area contributed by atoms with Crippen LogP contribution in [0.2, 0.25) is 0 Å². The number of hydrogen-bond donors (Lipinski definition) is 1. The molecule has 0 spiro atoms. The number of nitrogens with zero attached hydrogens (tertiary/aromatic N) is 2. The summed E-state index contributed by atoms with van der Waals surface area (Å²) in [7, 11) is -2.53. The Hall–Kier alpha value is -3.85. The lowest BCUT2D eigenvalue weighted by molar-refractivity contribution is -0.140. The smallest absolute Gasteiger partial charge is 0.264 e. The summed E-state index contributed by atoms with van der Waals surface area (Å²) in [5.41, 5.74) is 0.575. The number of para-hydroxylation sites is 1. The fourth-order valence-electron chi connectivity index (χ4n) is 3.87. The van der Waals surface area contributed by atoms with Crippen molar-refractivity contribution in [3.8, 4) is 5.75 Å². The molecule has 0 fully saturated rings. The molecule has 0 unspecified atom stereocenters. The molecule has 0 radical (unpaired) electrons. The van der Waals surface area contributed by atoms with Gasteiger partial charge in [0, 0.05) is 12.1 Å². The normalized spacial score (nSPS) is 12.3. The third-order valence-corrected chi connectivity index (χ3v) is 7.59. The summed E-state index contributed by atoms with van der Waals surface area (Å²) >= 11 is 0. The van der Waals surface area contributed by atoms with E-state index < -0.39 is 34.1 Å². The molecule has 0 aliphatic carbocycles. The van der Waals surface area contributed by atoms with Gasteiger partial charge >= 0.3 is 0 Å². The van der Waals surface area contributed by atoms with Crippen molar-refractivity contribution in [2.45, 2.75) is 50.7 Å². The fourth-order valence-corrected chi connectivity index (χ4v) is 5.30. The summed E-state index contributed by atoms with van der Waals surface area (Å²) in [5, 5.41) is 2.91. The van der Waals surface area contributed by atoms with Crippen molar-refractivity contribution < 1.29 is 22.7 Å². The van der Waals surface area contributed by atoms with Gasteiger partial charge in [-0.15, -0.1) is 0 Å². The summed E-state index contributed by atoms with van der Waals surface area (Å²) in [6.45, 7) is 6.80. The van der Waals surface area contributed by atoms with E-state index >= 15 is 0 Å². The van der Waals surface area contributed by atoms with Gasteiger partial charge in [0.15, 0.2) is 0 Å². The number of nitrogens with one attached hydrogen (secondary N) is 1. The number of benzene rings is 3. The molecule has 1 N–H and O–H groups in total. The maximum atomic E-state index is 13.9. The van der Waals surface area contributed by atoms with Crippen LogP contribution in [0.3, 0.4) is 0 Å². The molecule has 0 bridgehead atoms. The van der Waals surface area contributed by atoms with Crippen molar-refractivity contribution in [3.05, 3.63) is 90.5 Å². The molecule has 3 aromatic rings. The van der Waals surface area contributed by atoms with Crippen LogP contribution in [0.4, 0.5) is 5.69 Å². The van der Waals surface area contributed by atoms with E-state index in [2.05, 4.69) is 5.32 Å². The number of anilines is 1. The zero-order chi connectivity index (χ0) is 27.9. The molecule has 202 valence electrons. The lowest BCUT2D eigenvalue weighted by Gasteiger charge is -2.33. The second kappa shape index (κ2) is 12.1. The van der Waals surface area contributed by atoms with Crippen molar-refractivity contribution in [1.82, 2.24) is 10.2 Å². The molecule has 0 heterocycles. The van der Waals surface area contributed by atoms with Crippen molar-refractivity contribution >= 4 is 27.5 Å². The minimum Gasteiger partial charge on any atom is -0.497 e. The highest BCUT2D eigenvalue weighted by Crippen LogP contribution is 2.24. The van der Waals surface area contributed by atoms with E-state index in [1.54, 1.807) is 80.8 Å². The molecule has 8 nitrogen and oxygen atoms in total. The summed E-state index contributed by atoms with van der Waals surface area (Å²) in [4.78, 5) is 28.5. The highest BCUT2D eigenvalue weighted by molar-refractivity contribution is 7.92. The molecule has 0 aliphatic rings. The third kappa shape index (κ3) is 7.35. The molecule has 38 heavy (non-hydrogen) atoms. The van der Waals surface area contributed by atoms with Gasteiger partial charge in [-0.05, 0) is 69.7 Å². The highest BCUT2D eigenvalue weighted by Gasteiger charge is 2.33. The summed E-state index contributed by atoms with van der Waals surface area (Å²) < 4.78 is 33.8. The summed E-state index contributed by atoms with van der Waals surface area (Å²) in [6, 6.07) is 22.7. The van der Waals surface area contributed by atoms with E-state index in [0.717, 1.165) is 9.87 Å². The minimum absolute atomic E-state index is 0.0644. The molecular formula is C29H35N3O5S. The van der Waals surface area contributed by atoms with Crippen LogP contribution in [0, 0.1) is 0 Å². The molecule has 2 amide bonds. The van der Waals surface area contributed by atoms with Gasteiger partial charge in [0.05, 0.1) is 17.7 Å². The Morgan fingerprint density at radius 1 is 0.921 bits per heavy atom. The Morgan fingerprint density at radius 3 is 2.11 bits per heavy atom. The average molecular weight is 538 g/mol. The number of rotatable bonds is 10. The van der Waals surface area contributed by atoms with Crippen LogP contribution < -0.4 is 14.4 Å². The summed E-state index contributed by atoms with van der Waals surface area (Å²) in [5.74, 6) is -0.252. The van der Waals surface area contributed by atoms with Crippen LogP contribution in [0.15, 0.2) is 89.8 Å². The predicted molar refractivity (Wildman–Crippen MR) is 148 cm³/mol. The number of amides is 2. The molecular weight excluding hydrogens is 502 g/mol. The van der Waals surface area contributed by atoms with Gasteiger partial charge < -0.3 is 15.0 Å². The zero-order valence-electron chi connectivity index (χ0n) is 22.4. The summed E-state index contributed by atoms with van der Waals surface area (Å²) in [6.07, 6.45) is 0. The van der Waals surface area contributed by atoms with Crippen molar-refractivity contribution in [1.29, 1.82) is 0 Å². The predicted octanol–water partition coefficient (Wildman–Crippen LogP) is 4.22. The Balaban J connectivity index is 2.01. The molecule has 0 aliphatic heterocycles. The molecule has 3 rings (SSSR count). The Labute approximate surface area is 225 Å². The largest absolute Gasteiger partial charge is 0.497 e. The SMILES string of the molecule is COc1cccc(CN(C(=O)CN(c2ccccc2)S(=O)(=O)c2ccccc2)[C@H](C)C(=O)NC(C)(C)C)c1. The average Bonchev–Trinajstić information content (AvgIpc) is 2.90.